The van der Waals surface area contributed by atoms with Gasteiger partial charge in [0.25, 0.3) is 11.6 Å². The van der Waals surface area contributed by atoms with E-state index in [1.165, 1.54) is 0 Å². The van der Waals surface area contributed by atoms with E-state index < -0.39 is 34.8 Å². The van der Waals surface area contributed by atoms with E-state index in [4.69, 9.17) is 23.2 Å². The molecule has 0 aromatic heterocycles. The molecule has 0 saturated carbocycles. The number of non-ortho nitro benzene ring substituents is 1. The highest BCUT2D eigenvalue weighted by Crippen LogP contribution is 2.30. The average molecular weight is 317 g/mol. The number of carbonyl (C=O) groups excluding carboxylic acids is 1. The molecule has 10 heteroatoms. The molecule has 0 bridgehead atoms. The number of halogens is 5. The van der Waals surface area contributed by atoms with Crippen LogP contribution < -0.4 is 5.32 Å². The molecule has 0 spiro atoms. The lowest BCUT2D eigenvalue weighted by atomic mass is 10.2. The van der Waals surface area contributed by atoms with Crippen LogP contribution in [0.15, 0.2) is 12.1 Å². The molecule has 0 radical (unpaired) electrons. The van der Waals surface area contributed by atoms with Gasteiger partial charge in [0.2, 0.25) is 0 Å². The minimum Gasteiger partial charge on any atom is -0.343 e. The van der Waals surface area contributed by atoms with Crippen molar-refractivity contribution in [2.75, 3.05) is 6.54 Å². The van der Waals surface area contributed by atoms with E-state index >= 15 is 0 Å². The van der Waals surface area contributed by atoms with E-state index in [2.05, 4.69) is 0 Å². The number of nitrogens with one attached hydrogen (secondary N) is 1. The fraction of sp³-hybridized carbons (Fsp3) is 0.222. The van der Waals surface area contributed by atoms with Crippen molar-refractivity contribution in [3.8, 4) is 0 Å². The van der Waals surface area contributed by atoms with Gasteiger partial charge in [-0.1, -0.05) is 23.2 Å². The molecule has 0 heterocycles. The van der Waals surface area contributed by atoms with Crippen LogP contribution in [0.1, 0.15) is 10.4 Å². The minimum atomic E-state index is -4.60. The molecule has 1 amide bonds. The Kier molecular flexibility index (Phi) is 4.59. The second kappa shape index (κ2) is 5.62. The highest BCUT2D eigenvalue weighted by molar-refractivity contribution is 6.44. The monoisotopic (exact) mass is 316 g/mol. The number of amides is 1. The van der Waals surface area contributed by atoms with Crippen molar-refractivity contribution in [3.63, 3.8) is 0 Å². The fourth-order valence-corrected chi connectivity index (χ4v) is 1.53. The number of benzene rings is 1. The van der Waals surface area contributed by atoms with Gasteiger partial charge in [-0.05, 0) is 0 Å². The van der Waals surface area contributed by atoms with Crippen molar-refractivity contribution < 1.29 is 22.9 Å². The summed E-state index contributed by atoms with van der Waals surface area (Å²) in [5.41, 5.74) is -1.04. The molecule has 0 atom stereocenters. The van der Waals surface area contributed by atoms with Crippen molar-refractivity contribution >= 4 is 34.8 Å². The summed E-state index contributed by atoms with van der Waals surface area (Å²) in [6, 6.07) is 1.64. The summed E-state index contributed by atoms with van der Waals surface area (Å²) in [5, 5.41) is 11.4. The zero-order valence-electron chi connectivity index (χ0n) is 8.92. The maximum absolute atomic E-state index is 11.9. The summed E-state index contributed by atoms with van der Waals surface area (Å²) < 4.78 is 35.8. The van der Waals surface area contributed by atoms with Crippen LogP contribution >= 0.6 is 23.2 Å². The lowest BCUT2D eigenvalue weighted by Crippen LogP contribution is -2.33. The molecule has 0 aliphatic carbocycles. The highest BCUT2D eigenvalue weighted by atomic mass is 35.5. The molecule has 5 nitrogen and oxygen atoms in total. The third kappa shape index (κ3) is 4.25. The first-order chi connectivity index (χ1) is 8.61. The number of nitro benzene ring substituents is 1. The molecule has 0 aliphatic heterocycles. The highest BCUT2D eigenvalue weighted by Gasteiger charge is 2.29. The van der Waals surface area contributed by atoms with Gasteiger partial charge in [0.1, 0.15) is 6.54 Å². The van der Waals surface area contributed by atoms with Crippen LogP contribution in [0.5, 0.6) is 0 Å². The van der Waals surface area contributed by atoms with Gasteiger partial charge in [-0.25, -0.2) is 0 Å². The van der Waals surface area contributed by atoms with Gasteiger partial charge in [0, 0.05) is 12.1 Å². The van der Waals surface area contributed by atoms with Crippen molar-refractivity contribution in [1.29, 1.82) is 0 Å². The van der Waals surface area contributed by atoms with E-state index in [0.29, 0.717) is 0 Å². The minimum absolute atomic E-state index is 0.298. The summed E-state index contributed by atoms with van der Waals surface area (Å²) >= 11 is 11.2. The molecule has 104 valence electrons. The molecule has 19 heavy (non-hydrogen) atoms. The van der Waals surface area contributed by atoms with Gasteiger partial charge < -0.3 is 5.32 Å². The Labute approximate surface area is 114 Å². The van der Waals surface area contributed by atoms with Gasteiger partial charge in [0.15, 0.2) is 0 Å². The van der Waals surface area contributed by atoms with Crippen LogP contribution in [0.25, 0.3) is 0 Å². The number of nitrogens with zero attached hydrogens (tertiary/aromatic N) is 1. The van der Waals surface area contributed by atoms with E-state index in [1.807, 2.05) is 0 Å². The largest absolute Gasteiger partial charge is 0.405 e. The Morgan fingerprint density at radius 3 is 2.42 bits per heavy atom. The van der Waals surface area contributed by atoms with Gasteiger partial charge in [0.05, 0.1) is 20.5 Å². The zero-order chi connectivity index (χ0) is 14.8. The Bertz CT molecular complexity index is 534. The summed E-state index contributed by atoms with van der Waals surface area (Å²) in [6.07, 6.45) is -4.60. The average Bonchev–Trinajstić information content (AvgIpc) is 2.28. The topological polar surface area (TPSA) is 72.2 Å². The van der Waals surface area contributed by atoms with Gasteiger partial charge in [-0.3, -0.25) is 14.9 Å². The Balaban J connectivity index is 3.05. The lowest BCUT2D eigenvalue weighted by Gasteiger charge is -2.09. The van der Waals surface area contributed by atoms with E-state index in [0.717, 1.165) is 12.1 Å². The Morgan fingerprint density at radius 2 is 1.95 bits per heavy atom. The van der Waals surface area contributed by atoms with Gasteiger partial charge >= 0.3 is 6.18 Å². The van der Waals surface area contributed by atoms with Crippen LogP contribution in [0.2, 0.25) is 10.0 Å². The molecular formula is C9H5Cl2F3N2O3. The second-order valence-electron chi connectivity index (χ2n) is 3.34. The molecule has 1 N–H and O–H groups in total. The first-order valence-corrected chi connectivity index (χ1v) is 5.36. The maximum atomic E-state index is 11.9. The zero-order valence-corrected chi connectivity index (χ0v) is 10.4. The lowest BCUT2D eigenvalue weighted by molar-refractivity contribution is -0.384. The number of nitro groups is 1. The summed E-state index contributed by atoms with van der Waals surface area (Å²) in [6.45, 7) is -1.58. The number of carbonyl (C=O) groups is 1. The number of hydrogen-bond acceptors (Lipinski definition) is 3. The van der Waals surface area contributed by atoms with Crippen LogP contribution in [0.3, 0.4) is 0 Å². The summed E-state index contributed by atoms with van der Waals surface area (Å²) in [7, 11) is 0. The number of hydrogen-bond donors (Lipinski definition) is 1. The van der Waals surface area contributed by atoms with E-state index in [1.54, 1.807) is 5.32 Å². The molecule has 0 saturated heterocycles. The van der Waals surface area contributed by atoms with Crippen molar-refractivity contribution in [1.82, 2.24) is 5.32 Å². The quantitative estimate of drug-likeness (QED) is 0.687. The Hall–Kier alpha value is -1.54. The van der Waals surface area contributed by atoms with Crippen LogP contribution in [-0.4, -0.2) is 23.6 Å². The van der Waals surface area contributed by atoms with Crippen molar-refractivity contribution in [2.45, 2.75) is 6.18 Å². The first kappa shape index (κ1) is 15.5. The van der Waals surface area contributed by atoms with Crippen LogP contribution in [0, 0.1) is 10.1 Å². The van der Waals surface area contributed by atoms with Crippen molar-refractivity contribution in [2.24, 2.45) is 0 Å². The molecule has 0 aliphatic rings. The van der Waals surface area contributed by atoms with Gasteiger partial charge in [-0.15, -0.1) is 0 Å². The molecule has 0 fully saturated rings. The third-order valence-electron chi connectivity index (χ3n) is 1.92. The predicted molar refractivity (Wildman–Crippen MR) is 61.5 cm³/mol. The van der Waals surface area contributed by atoms with Crippen LogP contribution in [0.4, 0.5) is 18.9 Å². The smallest absolute Gasteiger partial charge is 0.343 e. The molecule has 0 unspecified atom stereocenters. The van der Waals surface area contributed by atoms with Gasteiger partial charge in [-0.2, -0.15) is 13.2 Å². The van der Waals surface area contributed by atoms with Crippen LogP contribution in [-0.2, 0) is 0 Å². The second-order valence-corrected chi connectivity index (χ2v) is 4.13. The number of alkyl halides is 3. The predicted octanol–water partition coefficient (Wildman–Crippen LogP) is 3.19. The molecule has 1 aromatic rings. The summed E-state index contributed by atoms with van der Waals surface area (Å²) in [5.74, 6) is -1.20. The van der Waals surface area contributed by atoms with Crippen molar-refractivity contribution in [3.05, 3.63) is 37.9 Å². The summed E-state index contributed by atoms with van der Waals surface area (Å²) in [4.78, 5) is 21.2. The number of rotatable bonds is 3. The molecule has 1 aromatic carbocycles. The Morgan fingerprint density at radius 1 is 1.37 bits per heavy atom. The molecule has 1 rings (SSSR count). The molecular weight excluding hydrogens is 312 g/mol. The van der Waals surface area contributed by atoms with E-state index in [-0.39, 0.29) is 10.0 Å². The maximum Gasteiger partial charge on any atom is 0.405 e. The third-order valence-corrected chi connectivity index (χ3v) is 2.72. The standard InChI is InChI=1S/C9H5Cl2F3N2O3/c10-6-2-4(16(18)19)1-5(7(6)11)8(17)15-3-9(12,13)14/h1-2H,3H2,(H,15,17). The SMILES string of the molecule is O=C(NCC(F)(F)F)c1cc([N+](=O)[O-])cc(Cl)c1Cl. The normalized spacial score (nSPS) is 11.2. The van der Waals surface area contributed by atoms with E-state index in [9.17, 15) is 28.1 Å². The first-order valence-electron chi connectivity index (χ1n) is 4.60. The fourth-order valence-electron chi connectivity index (χ4n) is 1.12.